The van der Waals surface area contributed by atoms with E-state index in [9.17, 15) is 14.0 Å². The first-order valence-electron chi connectivity index (χ1n) is 7.53. The Morgan fingerprint density at radius 3 is 2.28 bits per heavy atom. The maximum atomic E-state index is 12.8. The van der Waals surface area contributed by atoms with Crippen LogP contribution < -0.4 is 10.6 Å². The standard InChI is InChI=1S/C18H15FN4O2/c1-12-11-16(22-23(12)15-5-3-2-4-6-15)21-18(25)17(24)20-14-9-7-13(19)8-10-14/h2-11H,1H3,(H,20,24)(H,21,22,25). The van der Waals surface area contributed by atoms with Gasteiger partial charge in [0, 0.05) is 17.4 Å². The Labute approximate surface area is 143 Å². The van der Waals surface area contributed by atoms with E-state index in [1.165, 1.54) is 24.3 Å². The van der Waals surface area contributed by atoms with Gasteiger partial charge in [0.2, 0.25) is 0 Å². The van der Waals surface area contributed by atoms with Crippen LogP contribution in [0.1, 0.15) is 5.69 Å². The number of carbonyl (C=O) groups is 2. The van der Waals surface area contributed by atoms with E-state index in [0.29, 0.717) is 5.69 Å². The number of carbonyl (C=O) groups excluding carboxylic acids is 2. The van der Waals surface area contributed by atoms with Crippen LogP contribution in [-0.4, -0.2) is 21.6 Å². The lowest BCUT2D eigenvalue weighted by molar-refractivity contribution is -0.133. The minimum atomic E-state index is -0.862. The quantitative estimate of drug-likeness (QED) is 0.721. The highest BCUT2D eigenvalue weighted by Gasteiger charge is 2.16. The van der Waals surface area contributed by atoms with Gasteiger partial charge in [-0.15, -0.1) is 5.10 Å². The molecule has 2 amide bonds. The number of anilines is 2. The van der Waals surface area contributed by atoms with E-state index in [2.05, 4.69) is 15.7 Å². The number of rotatable bonds is 3. The predicted molar refractivity (Wildman–Crippen MR) is 92.0 cm³/mol. The molecule has 3 rings (SSSR count). The van der Waals surface area contributed by atoms with Crippen LogP contribution in [0.5, 0.6) is 0 Å². The monoisotopic (exact) mass is 338 g/mol. The number of para-hydroxylation sites is 1. The summed E-state index contributed by atoms with van der Waals surface area (Å²) in [5.74, 6) is -1.88. The average Bonchev–Trinajstić information content (AvgIpc) is 2.98. The Kier molecular flexibility index (Phi) is 4.56. The number of benzene rings is 2. The van der Waals surface area contributed by atoms with Gasteiger partial charge >= 0.3 is 11.8 Å². The molecule has 1 heterocycles. The van der Waals surface area contributed by atoms with Gasteiger partial charge in [0.1, 0.15) is 5.82 Å². The van der Waals surface area contributed by atoms with Crippen LogP contribution in [0.4, 0.5) is 15.9 Å². The van der Waals surface area contributed by atoms with E-state index < -0.39 is 17.6 Å². The van der Waals surface area contributed by atoms with E-state index in [1.807, 2.05) is 37.3 Å². The van der Waals surface area contributed by atoms with Crippen LogP contribution >= 0.6 is 0 Å². The van der Waals surface area contributed by atoms with Crippen LogP contribution in [0.3, 0.4) is 0 Å². The fourth-order valence-corrected chi connectivity index (χ4v) is 2.26. The summed E-state index contributed by atoms with van der Waals surface area (Å²) in [6.45, 7) is 1.84. The zero-order chi connectivity index (χ0) is 17.8. The normalized spacial score (nSPS) is 10.3. The number of aromatic nitrogens is 2. The maximum Gasteiger partial charge on any atom is 0.315 e. The Balaban J connectivity index is 1.68. The SMILES string of the molecule is Cc1cc(NC(=O)C(=O)Nc2ccc(F)cc2)nn1-c1ccccc1. The molecule has 2 N–H and O–H groups in total. The highest BCUT2D eigenvalue weighted by molar-refractivity contribution is 6.43. The molecule has 25 heavy (non-hydrogen) atoms. The maximum absolute atomic E-state index is 12.8. The molecule has 0 unspecified atom stereocenters. The number of amides is 2. The van der Waals surface area contributed by atoms with E-state index in [1.54, 1.807) is 10.7 Å². The summed E-state index contributed by atoms with van der Waals surface area (Å²) in [5.41, 5.74) is 1.98. The molecular formula is C18H15FN4O2. The Hall–Kier alpha value is -3.48. The third kappa shape index (κ3) is 3.89. The molecule has 126 valence electrons. The smallest absolute Gasteiger partial charge is 0.315 e. The molecule has 0 aliphatic carbocycles. The molecule has 3 aromatic rings. The first kappa shape index (κ1) is 16.4. The molecule has 0 bridgehead atoms. The number of nitrogens with one attached hydrogen (secondary N) is 2. The van der Waals surface area contributed by atoms with Crippen molar-refractivity contribution in [1.29, 1.82) is 0 Å². The molecule has 0 radical (unpaired) electrons. The zero-order valence-corrected chi connectivity index (χ0v) is 13.4. The molecule has 0 aliphatic rings. The van der Waals surface area contributed by atoms with E-state index in [0.717, 1.165) is 11.4 Å². The van der Waals surface area contributed by atoms with Gasteiger partial charge in [0.15, 0.2) is 5.82 Å². The number of halogens is 1. The van der Waals surface area contributed by atoms with Crippen molar-refractivity contribution in [2.24, 2.45) is 0 Å². The molecule has 2 aromatic carbocycles. The topological polar surface area (TPSA) is 76.0 Å². The molecule has 0 aliphatic heterocycles. The number of aryl methyl sites for hydroxylation is 1. The first-order valence-corrected chi connectivity index (χ1v) is 7.53. The van der Waals surface area contributed by atoms with Crippen molar-refractivity contribution in [3.63, 3.8) is 0 Å². The minimum Gasteiger partial charge on any atom is -0.318 e. The second-order valence-corrected chi connectivity index (χ2v) is 5.33. The molecule has 7 heteroatoms. The Morgan fingerprint density at radius 2 is 1.60 bits per heavy atom. The van der Waals surface area contributed by atoms with Crippen LogP contribution in [0.2, 0.25) is 0 Å². The summed E-state index contributed by atoms with van der Waals surface area (Å²) in [6, 6.07) is 16.2. The van der Waals surface area contributed by atoms with E-state index in [-0.39, 0.29) is 5.82 Å². The first-order chi connectivity index (χ1) is 12.0. The van der Waals surface area contributed by atoms with Crippen molar-refractivity contribution < 1.29 is 14.0 Å². The van der Waals surface area contributed by atoms with Crippen molar-refractivity contribution in [1.82, 2.24) is 9.78 Å². The number of hydrogen-bond donors (Lipinski definition) is 2. The van der Waals surface area contributed by atoms with Crippen molar-refractivity contribution in [3.8, 4) is 5.69 Å². The third-order valence-corrected chi connectivity index (χ3v) is 3.44. The Bertz CT molecular complexity index is 905. The summed E-state index contributed by atoms with van der Waals surface area (Å²) in [7, 11) is 0. The fourth-order valence-electron chi connectivity index (χ4n) is 2.26. The largest absolute Gasteiger partial charge is 0.318 e. The second kappa shape index (κ2) is 6.96. The predicted octanol–water partition coefficient (Wildman–Crippen LogP) is 2.90. The van der Waals surface area contributed by atoms with Crippen molar-refractivity contribution in [2.45, 2.75) is 6.92 Å². The highest BCUT2D eigenvalue weighted by Crippen LogP contribution is 2.15. The van der Waals surface area contributed by atoms with Gasteiger partial charge in [-0.25, -0.2) is 9.07 Å². The van der Waals surface area contributed by atoms with E-state index in [4.69, 9.17) is 0 Å². The summed E-state index contributed by atoms with van der Waals surface area (Å²) in [5, 5.41) is 9.11. The van der Waals surface area contributed by atoms with Gasteiger partial charge in [-0.2, -0.15) is 0 Å². The van der Waals surface area contributed by atoms with Gasteiger partial charge in [0.25, 0.3) is 0 Å². The second-order valence-electron chi connectivity index (χ2n) is 5.33. The highest BCUT2D eigenvalue weighted by atomic mass is 19.1. The van der Waals surface area contributed by atoms with Crippen molar-refractivity contribution in [2.75, 3.05) is 10.6 Å². The summed E-state index contributed by atoms with van der Waals surface area (Å²) >= 11 is 0. The summed E-state index contributed by atoms with van der Waals surface area (Å²) in [4.78, 5) is 23.9. The molecule has 0 atom stereocenters. The summed E-state index contributed by atoms with van der Waals surface area (Å²) in [6.07, 6.45) is 0. The van der Waals surface area contributed by atoms with Crippen molar-refractivity contribution in [3.05, 3.63) is 72.2 Å². The Morgan fingerprint density at radius 1 is 0.960 bits per heavy atom. The van der Waals surface area contributed by atoms with Crippen LogP contribution in [0, 0.1) is 12.7 Å². The molecule has 0 saturated carbocycles. The van der Waals surface area contributed by atoms with Crippen LogP contribution in [-0.2, 0) is 9.59 Å². The van der Waals surface area contributed by atoms with Crippen molar-refractivity contribution >= 4 is 23.3 Å². The van der Waals surface area contributed by atoms with Gasteiger partial charge in [-0.1, -0.05) is 18.2 Å². The van der Waals surface area contributed by atoms with Gasteiger partial charge < -0.3 is 10.6 Å². The average molecular weight is 338 g/mol. The van der Waals surface area contributed by atoms with Crippen LogP contribution in [0.25, 0.3) is 5.69 Å². The lowest BCUT2D eigenvalue weighted by atomic mass is 10.3. The molecule has 0 saturated heterocycles. The van der Waals surface area contributed by atoms with Gasteiger partial charge in [-0.3, -0.25) is 9.59 Å². The fraction of sp³-hybridized carbons (Fsp3) is 0.0556. The lowest BCUT2D eigenvalue weighted by Gasteiger charge is -2.05. The van der Waals surface area contributed by atoms with Gasteiger partial charge in [-0.05, 0) is 43.3 Å². The minimum absolute atomic E-state index is 0.264. The molecule has 0 spiro atoms. The summed E-state index contributed by atoms with van der Waals surface area (Å²) < 4.78 is 14.5. The van der Waals surface area contributed by atoms with Gasteiger partial charge in [0.05, 0.1) is 5.69 Å². The van der Waals surface area contributed by atoms with E-state index >= 15 is 0 Å². The lowest BCUT2D eigenvalue weighted by Crippen LogP contribution is -2.29. The molecule has 6 nitrogen and oxygen atoms in total. The third-order valence-electron chi connectivity index (χ3n) is 3.44. The molecule has 0 fully saturated rings. The molecule has 1 aromatic heterocycles. The number of hydrogen-bond acceptors (Lipinski definition) is 3. The van der Waals surface area contributed by atoms with Crippen LogP contribution in [0.15, 0.2) is 60.7 Å². The number of nitrogens with zero attached hydrogens (tertiary/aromatic N) is 2. The zero-order valence-electron chi connectivity index (χ0n) is 13.4. The molecular weight excluding hydrogens is 323 g/mol.